The number of para-hydroxylation sites is 1. The van der Waals surface area contributed by atoms with Gasteiger partial charge in [0, 0.05) is 37.8 Å². The molecule has 3 heterocycles. The summed E-state index contributed by atoms with van der Waals surface area (Å²) in [4.78, 5) is 33.9. The molecule has 2 aliphatic rings. The van der Waals surface area contributed by atoms with E-state index in [1.54, 1.807) is 6.20 Å². The van der Waals surface area contributed by atoms with Crippen LogP contribution < -0.4 is 0 Å². The number of ether oxygens (including phenoxy) is 1. The number of carbonyl (C=O) groups excluding carboxylic acids is 2. The Bertz CT molecular complexity index is 827. The highest BCUT2D eigenvalue weighted by Gasteiger charge is 2.31. The van der Waals surface area contributed by atoms with Gasteiger partial charge in [0.1, 0.15) is 0 Å². The van der Waals surface area contributed by atoms with Gasteiger partial charge in [-0.2, -0.15) is 0 Å². The number of fused-ring (bicyclic) bond motifs is 1. The molecule has 0 spiro atoms. The second kappa shape index (κ2) is 8.05. The predicted octanol–water partition coefficient (Wildman–Crippen LogP) is 1.87. The molecule has 2 amide bonds. The third-order valence-corrected chi connectivity index (χ3v) is 5.50. The van der Waals surface area contributed by atoms with Crippen LogP contribution in [-0.2, 0) is 20.7 Å². The molecule has 4 rings (SSSR count). The average Bonchev–Trinajstić information content (AvgIpc) is 2.74. The highest BCUT2D eigenvalue weighted by Crippen LogP contribution is 2.22. The highest BCUT2D eigenvalue weighted by molar-refractivity contribution is 5.88. The molecule has 0 radical (unpaired) electrons. The molecule has 6 nitrogen and oxygen atoms in total. The summed E-state index contributed by atoms with van der Waals surface area (Å²) >= 11 is 0. The second-order valence-electron chi connectivity index (χ2n) is 7.29. The summed E-state index contributed by atoms with van der Waals surface area (Å²) in [7, 11) is 0. The number of aromatic nitrogens is 1. The van der Waals surface area contributed by atoms with Gasteiger partial charge < -0.3 is 14.5 Å². The average molecular weight is 367 g/mol. The minimum Gasteiger partial charge on any atom is -0.378 e. The van der Waals surface area contributed by atoms with Crippen LogP contribution in [0.15, 0.2) is 36.5 Å². The number of likely N-dealkylation sites (tertiary alicyclic amines) is 1. The molecule has 2 aromatic rings. The minimum atomic E-state index is -0.0913. The summed E-state index contributed by atoms with van der Waals surface area (Å²) in [5, 5.41) is 1.04. The fourth-order valence-electron chi connectivity index (χ4n) is 4.03. The first-order valence-electron chi connectivity index (χ1n) is 9.69. The topological polar surface area (TPSA) is 62.7 Å². The van der Waals surface area contributed by atoms with Crippen molar-refractivity contribution in [3.8, 4) is 0 Å². The third-order valence-electron chi connectivity index (χ3n) is 5.50. The first-order valence-corrected chi connectivity index (χ1v) is 9.69. The number of amides is 2. The van der Waals surface area contributed by atoms with Crippen molar-refractivity contribution in [2.45, 2.75) is 19.3 Å². The number of hydrogen-bond donors (Lipinski definition) is 0. The predicted molar refractivity (Wildman–Crippen MR) is 102 cm³/mol. The molecule has 142 valence electrons. The first kappa shape index (κ1) is 17.9. The lowest BCUT2D eigenvalue weighted by Gasteiger charge is -2.36. The Morgan fingerprint density at radius 3 is 2.74 bits per heavy atom. The van der Waals surface area contributed by atoms with Crippen LogP contribution in [-0.4, -0.2) is 66.0 Å². The van der Waals surface area contributed by atoms with E-state index < -0.39 is 0 Å². The molecule has 0 saturated carbocycles. The lowest BCUT2D eigenvalue weighted by Crippen LogP contribution is -2.49. The standard InChI is InChI=1S/C21H25N3O3/c25-19(14-17-5-1-4-16-6-2-8-22-20(16)17)24-9-3-7-18(15-24)21(26)23-10-12-27-13-11-23/h1-2,4-6,8,18H,3,7,9-15H2. The number of nitrogens with zero attached hydrogens (tertiary/aromatic N) is 3. The van der Waals surface area contributed by atoms with Crippen molar-refractivity contribution < 1.29 is 14.3 Å². The van der Waals surface area contributed by atoms with E-state index in [4.69, 9.17) is 4.74 Å². The van der Waals surface area contributed by atoms with Crippen LogP contribution in [0, 0.1) is 5.92 Å². The molecule has 2 aliphatic heterocycles. The Balaban J connectivity index is 1.43. The number of hydrogen-bond acceptors (Lipinski definition) is 4. The molecular formula is C21H25N3O3. The van der Waals surface area contributed by atoms with Gasteiger partial charge in [0.05, 0.1) is 31.1 Å². The quantitative estimate of drug-likeness (QED) is 0.831. The summed E-state index contributed by atoms with van der Waals surface area (Å²) < 4.78 is 5.33. The Morgan fingerprint density at radius 1 is 1.07 bits per heavy atom. The lowest BCUT2D eigenvalue weighted by atomic mass is 9.95. The van der Waals surface area contributed by atoms with Crippen LogP contribution in [0.4, 0.5) is 0 Å². The van der Waals surface area contributed by atoms with Crippen LogP contribution in [0.2, 0.25) is 0 Å². The van der Waals surface area contributed by atoms with Crippen LogP contribution >= 0.6 is 0 Å². The van der Waals surface area contributed by atoms with Crippen LogP contribution in [0.1, 0.15) is 18.4 Å². The van der Waals surface area contributed by atoms with Crippen molar-refractivity contribution >= 4 is 22.7 Å². The smallest absolute Gasteiger partial charge is 0.227 e. The van der Waals surface area contributed by atoms with Crippen molar-refractivity contribution in [2.75, 3.05) is 39.4 Å². The van der Waals surface area contributed by atoms with Gasteiger partial charge in [-0.25, -0.2) is 0 Å². The van der Waals surface area contributed by atoms with E-state index in [9.17, 15) is 9.59 Å². The number of pyridine rings is 1. The summed E-state index contributed by atoms with van der Waals surface area (Å²) in [6.45, 7) is 3.78. The van der Waals surface area contributed by atoms with Gasteiger partial charge >= 0.3 is 0 Å². The molecule has 1 aromatic carbocycles. The molecule has 2 fully saturated rings. The fraction of sp³-hybridized carbons (Fsp3) is 0.476. The number of piperidine rings is 1. The zero-order chi connectivity index (χ0) is 18.6. The maximum atomic E-state index is 12.9. The van der Waals surface area contributed by atoms with E-state index in [1.807, 2.05) is 40.1 Å². The van der Waals surface area contributed by atoms with Crippen molar-refractivity contribution in [1.82, 2.24) is 14.8 Å². The fourth-order valence-corrected chi connectivity index (χ4v) is 4.03. The summed E-state index contributed by atoms with van der Waals surface area (Å²) in [5.41, 5.74) is 1.83. The molecule has 1 aromatic heterocycles. The summed E-state index contributed by atoms with van der Waals surface area (Å²) in [5.74, 6) is 0.154. The molecular weight excluding hydrogens is 342 g/mol. The molecule has 1 unspecified atom stereocenters. The zero-order valence-corrected chi connectivity index (χ0v) is 15.5. The van der Waals surface area contributed by atoms with Crippen LogP contribution in [0.3, 0.4) is 0 Å². The number of rotatable bonds is 3. The summed E-state index contributed by atoms with van der Waals surface area (Å²) in [6.07, 6.45) is 3.82. The normalized spacial score (nSPS) is 20.7. The first-order chi connectivity index (χ1) is 13.2. The molecule has 1 atom stereocenters. The summed E-state index contributed by atoms with van der Waals surface area (Å²) in [6, 6.07) is 9.85. The SMILES string of the molecule is O=C(Cc1cccc2cccnc12)N1CCCC(C(=O)N2CCOCC2)C1. The van der Waals surface area contributed by atoms with E-state index >= 15 is 0 Å². The van der Waals surface area contributed by atoms with Gasteiger partial charge in [0.25, 0.3) is 0 Å². The van der Waals surface area contributed by atoms with Crippen LogP contribution in [0.5, 0.6) is 0 Å². The highest BCUT2D eigenvalue weighted by atomic mass is 16.5. The van der Waals surface area contributed by atoms with Crippen molar-refractivity contribution in [3.63, 3.8) is 0 Å². The molecule has 0 aliphatic carbocycles. The Hall–Kier alpha value is -2.47. The molecule has 2 saturated heterocycles. The monoisotopic (exact) mass is 367 g/mol. The van der Waals surface area contributed by atoms with Crippen molar-refractivity contribution in [3.05, 3.63) is 42.1 Å². The van der Waals surface area contributed by atoms with E-state index in [0.717, 1.165) is 35.9 Å². The maximum Gasteiger partial charge on any atom is 0.227 e. The third kappa shape index (κ3) is 3.95. The van der Waals surface area contributed by atoms with E-state index in [2.05, 4.69) is 4.98 Å². The van der Waals surface area contributed by atoms with Gasteiger partial charge in [-0.05, 0) is 24.5 Å². The van der Waals surface area contributed by atoms with E-state index in [1.165, 1.54) is 0 Å². The zero-order valence-electron chi connectivity index (χ0n) is 15.5. The Labute approximate surface area is 159 Å². The Morgan fingerprint density at radius 2 is 1.89 bits per heavy atom. The van der Waals surface area contributed by atoms with E-state index in [-0.39, 0.29) is 17.7 Å². The van der Waals surface area contributed by atoms with Gasteiger partial charge in [0.2, 0.25) is 11.8 Å². The second-order valence-corrected chi connectivity index (χ2v) is 7.29. The maximum absolute atomic E-state index is 12.9. The molecule has 6 heteroatoms. The van der Waals surface area contributed by atoms with Crippen molar-refractivity contribution in [1.29, 1.82) is 0 Å². The van der Waals surface area contributed by atoms with Crippen molar-refractivity contribution in [2.24, 2.45) is 5.92 Å². The number of benzene rings is 1. The van der Waals surface area contributed by atoms with Crippen LogP contribution in [0.25, 0.3) is 10.9 Å². The van der Waals surface area contributed by atoms with Gasteiger partial charge in [0.15, 0.2) is 0 Å². The Kier molecular flexibility index (Phi) is 5.34. The van der Waals surface area contributed by atoms with E-state index in [0.29, 0.717) is 39.3 Å². The number of morpholine rings is 1. The molecule has 0 N–H and O–H groups in total. The molecule has 27 heavy (non-hydrogen) atoms. The minimum absolute atomic E-state index is 0.0765. The van der Waals surface area contributed by atoms with Gasteiger partial charge in [-0.3, -0.25) is 14.6 Å². The van der Waals surface area contributed by atoms with Gasteiger partial charge in [-0.1, -0.05) is 24.3 Å². The lowest BCUT2D eigenvalue weighted by molar-refractivity contribution is -0.143. The van der Waals surface area contributed by atoms with Gasteiger partial charge in [-0.15, -0.1) is 0 Å². The molecule has 0 bridgehead atoms. The number of carbonyl (C=O) groups is 2. The largest absolute Gasteiger partial charge is 0.378 e.